The first-order chi connectivity index (χ1) is 24.4. The van der Waals surface area contributed by atoms with Crippen LogP contribution in [-0.4, -0.2) is 58.9 Å². The van der Waals surface area contributed by atoms with Crippen LogP contribution in [0.15, 0.2) is 95.9 Å². The molecule has 2 aromatic heterocycles. The number of aromatic nitrogens is 3. The Morgan fingerprint density at radius 1 is 0.904 bits per heavy atom. The van der Waals surface area contributed by atoms with Crippen LogP contribution in [0.2, 0.25) is 5.02 Å². The van der Waals surface area contributed by atoms with Crippen molar-refractivity contribution in [3.8, 4) is 28.7 Å². The maximum Gasteiger partial charge on any atom is 0.280 e. The molecule has 0 saturated carbocycles. The molecule has 0 aliphatic carbocycles. The molecule has 1 amide bonds. The summed E-state index contributed by atoms with van der Waals surface area (Å²) in [5, 5.41) is 8.22. The van der Waals surface area contributed by atoms with Gasteiger partial charge in [0.05, 0.1) is 40.8 Å². The number of carbonyl (C=O) groups is 1. The Kier molecular flexibility index (Phi) is 12.6. The molecule has 10 nitrogen and oxygen atoms in total. The van der Waals surface area contributed by atoms with Gasteiger partial charge in [0.25, 0.3) is 5.91 Å². The molecule has 1 N–H and O–H groups in total. The van der Waals surface area contributed by atoms with E-state index < -0.39 is 17.2 Å². The maximum atomic E-state index is 15.5. The summed E-state index contributed by atoms with van der Waals surface area (Å²) in [4.78, 5) is 33.7. The zero-order valence-electron chi connectivity index (χ0n) is 28.0. The molecule has 0 radical (unpaired) electrons. The van der Waals surface area contributed by atoms with E-state index in [1.54, 1.807) is 80.0 Å². The van der Waals surface area contributed by atoms with Crippen LogP contribution in [0.1, 0.15) is 29.8 Å². The number of ether oxygens (including phenoxy) is 3. The van der Waals surface area contributed by atoms with Gasteiger partial charge in [-0.25, -0.2) is 9.07 Å². The Labute approximate surface area is 316 Å². The number of rotatable bonds is 11. The lowest BCUT2D eigenvalue weighted by atomic mass is 10.1. The quantitative estimate of drug-likeness (QED) is 0.131. The number of carbonyl (C=O) groups excluding carboxylic acids is 1. The molecule has 3 heterocycles. The summed E-state index contributed by atoms with van der Waals surface area (Å²) in [5.74, 6) is -0.206. The minimum atomic E-state index is -0.809. The van der Waals surface area contributed by atoms with Crippen molar-refractivity contribution in [1.82, 2.24) is 19.7 Å². The number of hydrogen-bond donors (Lipinski definition) is 1. The fourth-order valence-corrected chi connectivity index (χ4v) is 6.29. The third-order valence-corrected chi connectivity index (χ3v) is 8.88. The van der Waals surface area contributed by atoms with Gasteiger partial charge in [0.15, 0.2) is 28.8 Å². The molecular weight excluding hydrogens is 732 g/mol. The van der Waals surface area contributed by atoms with E-state index in [2.05, 4.69) is 20.3 Å². The second-order valence-electron chi connectivity index (χ2n) is 11.8. The number of nitrogens with one attached hydrogen (secondary N) is 1. The second-order valence-corrected chi connectivity index (χ2v) is 12.2. The summed E-state index contributed by atoms with van der Waals surface area (Å²) in [6.45, 7) is 3.81. The molecule has 52 heavy (non-hydrogen) atoms. The van der Waals surface area contributed by atoms with Crippen molar-refractivity contribution in [3.05, 3.63) is 118 Å². The molecule has 1 saturated heterocycles. The highest BCUT2D eigenvalue weighted by atomic mass is 35.5. The van der Waals surface area contributed by atoms with Crippen LogP contribution >= 0.6 is 36.4 Å². The summed E-state index contributed by atoms with van der Waals surface area (Å²) in [6, 6.07) is 22.9. The van der Waals surface area contributed by atoms with Gasteiger partial charge in [-0.2, -0.15) is 5.10 Å². The molecule has 1 aliphatic heterocycles. The van der Waals surface area contributed by atoms with E-state index in [0.29, 0.717) is 51.0 Å². The van der Waals surface area contributed by atoms with Gasteiger partial charge >= 0.3 is 0 Å². The molecular formula is C38H35Cl3FN5O5. The third kappa shape index (κ3) is 8.08. The van der Waals surface area contributed by atoms with E-state index in [0.717, 1.165) is 32.1 Å². The highest BCUT2D eigenvalue weighted by molar-refractivity contribution is 6.32. The van der Waals surface area contributed by atoms with Gasteiger partial charge in [-0.05, 0) is 80.9 Å². The first kappa shape index (κ1) is 38.3. The van der Waals surface area contributed by atoms with Gasteiger partial charge in [0.2, 0.25) is 5.43 Å². The average molecular weight is 767 g/mol. The Morgan fingerprint density at radius 2 is 1.67 bits per heavy atom. The summed E-state index contributed by atoms with van der Waals surface area (Å²) >= 11 is 6.44. The van der Waals surface area contributed by atoms with Crippen molar-refractivity contribution in [2.75, 3.05) is 38.7 Å². The van der Waals surface area contributed by atoms with Gasteiger partial charge in [0.1, 0.15) is 5.75 Å². The standard InChI is InChI=1S/C38H33ClFN5O5.2ClH/c1-48-34-22-26-29(23-35(34)49-20-8-19-44-17-6-7-18-44)41-16-15-32(26)50-33-14-13-24(21-28(33)40)42-38(47)36-37(46)25-9-2-4-11-30(25)45(43-36)31-12-5-3-10-27(31)39;;/h2-5,9-16,21-23H,6-8,17-20H2,1H3,(H,42,47);2*1H. The fourth-order valence-electron chi connectivity index (χ4n) is 6.07. The van der Waals surface area contributed by atoms with Crippen molar-refractivity contribution in [3.63, 3.8) is 0 Å². The number of methoxy groups -OCH3 is 1. The number of pyridine rings is 1. The van der Waals surface area contributed by atoms with E-state index in [1.807, 2.05) is 0 Å². The van der Waals surface area contributed by atoms with Crippen LogP contribution in [0.5, 0.6) is 23.0 Å². The maximum absolute atomic E-state index is 15.5. The number of halogens is 4. The van der Waals surface area contributed by atoms with Crippen LogP contribution < -0.4 is 25.0 Å². The highest BCUT2D eigenvalue weighted by Crippen LogP contribution is 2.38. The first-order valence-corrected chi connectivity index (χ1v) is 16.6. The predicted octanol–water partition coefficient (Wildman–Crippen LogP) is 8.49. The number of benzene rings is 4. The largest absolute Gasteiger partial charge is 0.493 e. The number of likely N-dealkylation sites (tertiary alicyclic amines) is 1. The van der Waals surface area contributed by atoms with Crippen LogP contribution in [0.3, 0.4) is 0 Å². The highest BCUT2D eigenvalue weighted by Gasteiger charge is 2.20. The monoisotopic (exact) mass is 765 g/mol. The molecule has 1 fully saturated rings. The van der Waals surface area contributed by atoms with E-state index >= 15 is 4.39 Å². The SMILES string of the molecule is COc1cc2c(Oc3ccc(NC(=O)c4nn(-c5ccccc5Cl)c5ccccc5c4=O)cc3F)ccnc2cc1OCCCN1CCCC1.Cl.Cl. The molecule has 6 aromatic rings. The van der Waals surface area contributed by atoms with Crippen LogP contribution in [0.25, 0.3) is 27.5 Å². The van der Waals surface area contributed by atoms with Gasteiger partial charge < -0.3 is 24.4 Å². The van der Waals surface area contributed by atoms with Crippen molar-refractivity contribution in [2.24, 2.45) is 0 Å². The number of fused-ring (bicyclic) bond motifs is 2. The van der Waals surface area contributed by atoms with Gasteiger partial charge in [-0.15, -0.1) is 24.8 Å². The number of para-hydroxylation sites is 2. The zero-order valence-corrected chi connectivity index (χ0v) is 30.4. The molecule has 4 aromatic carbocycles. The van der Waals surface area contributed by atoms with E-state index in [9.17, 15) is 9.59 Å². The molecule has 0 atom stereocenters. The van der Waals surface area contributed by atoms with E-state index in [1.165, 1.54) is 29.7 Å². The molecule has 7 rings (SSSR count). The minimum absolute atomic E-state index is 0. The Balaban J connectivity index is 0.00000261. The van der Waals surface area contributed by atoms with Crippen molar-refractivity contribution in [2.45, 2.75) is 19.3 Å². The Hall–Kier alpha value is -4.94. The number of nitrogens with zero attached hydrogens (tertiary/aromatic N) is 4. The third-order valence-electron chi connectivity index (χ3n) is 8.56. The first-order valence-electron chi connectivity index (χ1n) is 16.3. The zero-order chi connectivity index (χ0) is 34.6. The van der Waals surface area contributed by atoms with Gasteiger partial charge in [-0.3, -0.25) is 14.6 Å². The van der Waals surface area contributed by atoms with Crippen molar-refractivity contribution >= 4 is 69.8 Å². The lowest BCUT2D eigenvalue weighted by Gasteiger charge is -2.16. The van der Waals surface area contributed by atoms with E-state index in [4.69, 9.17) is 25.8 Å². The van der Waals surface area contributed by atoms with Crippen LogP contribution in [0, 0.1) is 5.82 Å². The topological polar surface area (TPSA) is 108 Å². The number of hydrogen-bond acceptors (Lipinski definition) is 8. The van der Waals surface area contributed by atoms with Gasteiger partial charge in [0, 0.05) is 35.9 Å². The normalized spacial score (nSPS) is 12.6. The molecule has 270 valence electrons. The van der Waals surface area contributed by atoms with Gasteiger partial charge in [-0.1, -0.05) is 35.9 Å². The number of amides is 1. The fraction of sp³-hybridized carbons (Fsp3) is 0.211. The van der Waals surface area contributed by atoms with Crippen LogP contribution in [-0.2, 0) is 0 Å². The summed E-state index contributed by atoms with van der Waals surface area (Å²) in [5.41, 5.74) is 0.713. The smallest absolute Gasteiger partial charge is 0.280 e. The molecule has 14 heteroatoms. The summed E-state index contributed by atoms with van der Waals surface area (Å²) in [7, 11) is 1.56. The van der Waals surface area contributed by atoms with Crippen molar-refractivity contribution in [1.29, 1.82) is 0 Å². The summed E-state index contributed by atoms with van der Waals surface area (Å²) < 4.78 is 34.6. The lowest BCUT2D eigenvalue weighted by Crippen LogP contribution is -2.27. The average Bonchev–Trinajstić information content (AvgIpc) is 3.65. The second kappa shape index (κ2) is 17.1. The lowest BCUT2D eigenvalue weighted by molar-refractivity contribution is 0.102. The summed E-state index contributed by atoms with van der Waals surface area (Å²) in [6.07, 6.45) is 4.96. The Bertz CT molecular complexity index is 2280. The Morgan fingerprint density at radius 3 is 2.44 bits per heavy atom. The predicted molar refractivity (Wildman–Crippen MR) is 205 cm³/mol. The molecule has 0 unspecified atom stereocenters. The molecule has 0 bridgehead atoms. The minimum Gasteiger partial charge on any atom is -0.493 e. The van der Waals surface area contributed by atoms with E-state index in [-0.39, 0.29) is 47.3 Å². The number of anilines is 1. The molecule has 1 aliphatic rings. The molecule has 0 spiro atoms. The van der Waals surface area contributed by atoms with Crippen molar-refractivity contribution < 1.29 is 23.4 Å². The van der Waals surface area contributed by atoms with Crippen LogP contribution in [0.4, 0.5) is 10.1 Å².